The number of hydrogen-bond donors (Lipinski definition) is 0. The van der Waals surface area contributed by atoms with Crippen LogP contribution in [0.2, 0.25) is 0 Å². The molecule has 0 aliphatic carbocycles. The third-order valence-corrected chi connectivity index (χ3v) is 5.53. The second kappa shape index (κ2) is 8.39. The minimum Gasteiger partial charge on any atom is -0.471 e. The van der Waals surface area contributed by atoms with Crippen LogP contribution in [0.1, 0.15) is 17.0 Å². The number of hydrogen-bond acceptors (Lipinski definition) is 8. The minimum absolute atomic E-state index is 0.331. The lowest BCUT2D eigenvalue weighted by Gasteiger charge is -2.10. The predicted octanol–water partition coefficient (Wildman–Crippen LogP) is 3.65. The van der Waals surface area contributed by atoms with E-state index in [1.807, 2.05) is 60.3 Å². The van der Waals surface area contributed by atoms with Gasteiger partial charge in [-0.3, -0.25) is 4.98 Å². The second-order valence-corrected chi connectivity index (χ2v) is 7.93. The lowest BCUT2D eigenvalue weighted by Crippen LogP contribution is -2.04. The van der Waals surface area contributed by atoms with Crippen molar-refractivity contribution in [2.75, 3.05) is 0 Å². The molecule has 168 valence electrons. The Balaban J connectivity index is 1.27. The summed E-state index contributed by atoms with van der Waals surface area (Å²) >= 11 is 0. The van der Waals surface area contributed by atoms with Gasteiger partial charge in [0, 0.05) is 59.7 Å². The molecule has 0 saturated heterocycles. The third kappa shape index (κ3) is 3.75. The van der Waals surface area contributed by atoms with Crippen molar-refractivity contribution in [2.45, 2.75) is 26.5 Å². The van der Waals surface area contributed by atoms with Crippen LogP contribution >= 0.6 is 0 Å². The smallest absolute Gasteiger partial charge is 0.240 e. The van der Waals surface area contributed by atoms with Crippen LogP contribution in [0.15, 0.2) is 71.9 Å². The number of ether oxygens (including phenoxy) is 1. The van der Waals surface area contributed by atoms with Crippen molar-refractivity contribution < 1.29 is 9.26 Å². The fourth-order valence-corrected chi connectivity index (χ4v) is 3.79. The largest absolute Gasteiger partial charge is 0.471 e. The van der Waals surface area contributed by atoms with E-state index in [0.717, 1.165) is 35.0 Å². The molecule has 5 aromatic heterocycles. The Labute approximate surface area is 193 Å². The number of imidazole rings is 1. The van der Waals surface area contributed by atoms with E-state index in [2.05, 4.69) is 25.3 Å². The summed E-state index contributed by atoms with van der Waals surface area (Å²) in [6.07, 6.45) is 8.20. The van der Waals surface area contributed by atoms with Crippen molar-refractivity contribution in [3.63, 3.8) is 0 Å². The normalized spacial score (nSPS) is 11.4. The Morgan fingerprint density at radius 2 is 1.97 bits per heavy atom. The lowest BCUT2D eigenvalue weighted by molar-refractivity contribution is 0.293. The van der Waals surface area contributed by atoms with Crippen molar-refractivity contribution in [2.24, 2.45) is 0 Å². The molecule has 0 unspecified atom stereocenters. The summed E-state index contributed by atoms with van der Waals surface area (Å²) in [7, 11) is 0. The average Bonchev–Trinajstić information content (AvgIpc) is 3.63. The summed E-state index contributed by atoms with van der Waals surface area (Å²) in [4.78, 5) is 8.64. The van der Waals surface area contributed by atoms with Gasteiger partial charge in [0.15, 0.2) is 11.3 Å². The molecule has 34 heavy (non-hydrogen) atoms. The summed E-state index contributed by atoms with van der Waals surface area (Å²) in [6, 6.07) is 13.7. The van der Waals surface area contributed by atoms with Gasteiger partial charge in [-0.1, -0.05) is 29.4 Å². The topological polar surface area (TPSA) is 109 Å². The van der Waals surface area contributed by atoms with Gasteiger partial charge in [-0.15, -0.1) is 15.3 Å². The molecule has 10 nitrogen and oxygen atoms in total. The van der Waals surface area contributed by atoms with E-state index in [0.29, 0.717) is 35.4 Å². The van der Waals surface area contributed by atoms with E-state index in [1.165, 1.54) is 0 Å². The van der Waals surface area contributed by atoms with Gasteiger partial charge in [-0.2, -0.15) is 4.52 Å². The zero-order valence-corrected chi connectivity index (χ0v) is 18.4. The summed E-state index contributed by atoms with van der Waals surface area (Å²) in [5.41, 5.74) is 3.16. The lowest BCUT2D eigenvalue weighted by atomic mass is 10.2. The maximum absolute atomic E-state index is 6.15. The van der Waals surface area contributed by atoms with Crippen LogP contribution < -0.4 is 4.74 Å². The van der Waals surface area contributed by atoms with Gasteiger partial charge in [0.2, 0.25) is 11.7 Å². The van der Waals surface area contributed by atoms with Crippen LogP contribution in [-0.4, -0.2) is 39.5 Å². The van der Waals surface area contributed by atoms with Crippen LogP contribution in [-0.2, 0) is 19.6 Å². The summed E-state index contributed by atoms with van der Waals surface area (Å²) in [5, 5.41) is 19.1. The van der Waals surface area contributed by atoms with E-state index < -0.39 is 0 Å². The Morgan fingerprint density at radius 3 is 2.74 bits per heavy atom. The van der Waals surface area contributed by atoms with Crippen molar-refractivity contribution >= 4 is 16.4 Å². The molecule has 0 N–H and O–H groups in total. The number of pyridine rings is 1. The van der Waals surface area contributed by atoms with Crippen molar-refractivity contribution in [1.82, 2.24) is 39.5 Å². The second-order valence-electron chi connectivity index (χ2n) is 7.93. The van der Waals surface area contributed by atoms with E-state index in [9.17, 15) is 0 Å². The first-order valence-corrected chi connectivity index (χ1v) is 10.8. The first kappa shape index (κ1) is 20.0. The molecule has 5 heterocycles. The molecule has 0 spiro atoms. The molecule has 0 amide bonds. The van der Waals surface area contributed by atoms with Gasteiger partial charge in [-0.05, 0) is 19.1 Å². The number of benzene rings is 1. The van der Waals surface area contributed by atoms with Crippen molar-refractivity contribution in [3.8, 4) is 17.4 Å². The molecule has 10 heteroatoms. The fraction of sp³-hybridized carbons (Fsp3) is 0.167. The maximum atomic E-state index is 6.15. The standard InChI is InChI=1S/C24H20N8O2/c1-16-12-21(30-34-16)23-28-27-22-19-4-2-3-5-20(19)24(29-32(22)23)33-14-17-6-7-18(26-13-17)8-10-31-11-9-25-15-31/h2-7,9,11-13,15H,8,10,14H2,1H3. The fourth-order valence-electron chi connectivity index (χ4n) is 3.79. The van der Waals surface area contributed by atoms with Crippen LogP contribution in [0.25, 0.3) is 27.9 Å². The predicted molar refractivity (Wildman–Crippen MR) is 123 cm³/mol. The Morgan fingerprint density at radius 1 is 1.06 bits per heavy atom. The third-order valence-electron chi connectivity index (χ3n) is 5.53. The molecule has 0 atom stereocenters. The number of fused-ring (bicyclic) bond motifs is 3. The molecule has 1 aromatic carbocycles. The molecule has 0 radical (unpaired) electrons. The zero-order chi connectivity index (χ0) is 22.9. The number of nitrogens with zero attached hydrogens (tertiary/aromatic N) is 8. The zero-order valence-electron chi connectivity index (χ0n) is 18.4. The van der Waals surface area contributed by atoms with Gasteiger partial charge < -0.3 is 13.8 Å². The maximum Gasteiger partial charge on any atom is 0.240 e. The number of rotatable bonds is 7. The monoisotopic (exact) mass is 452 g/mol. The highest BCUT2D eigenvalue weighted by Gasteiger charge is 2.18. The molecular weight excluding hydrogens is 432 g/mol. The molecule has 6 rings (SSSR count). The van der Waals surface area contributed by atoms with E-state index in [-0.39, 0.29) is 0 Å². The summed E-state index contributed by atoms with van der Waals surface area (Å²) < 4.78 is 15.0. The molecule has 0 saturated carbocycles. The molecule has 0 aliphatic heterocycles. The van der Waals surface area contributed by atoms with Gasteiger partial charge in [-0.25, -0.2) is 4.98 Å². The Bertz CT molecular complexity index is 1570. The first-order chi connectivity index (χ1) is 16.7. The van der Waals surface area contributed by atoms with Crippen LogP contribution in [0.4, 0.5) is 0 Å². The van der Waals surface area contributed by atoms with Gasteiger partial charge in [0.05, 0.1) is 6.33 Å². The Hall–Kier alpha value is -4.60. The molecular formula is C24H20N8O2. The van der Waals surface area contributed by atoms with Crippen LogP contribution in [0, 0.1) is 6.92 Å². The first-order valence-electron chi connectivity index (χ1n) is 10.8. The van der Waals surface area contributed by atoms with E-state index >= 15 is 0 Å². The number of aryl methyl sites for hydroxylation is 3. The molecule has 0 aliphatic rings. The number of aromatic nitrogens is 8. The van der Waals surface area contributed by atoms with E-state index in [1.54, 1.807) is 23.1 Å². The highest BCUT2D eigenvalue weighted by molar-refractivity contribution is 5.96. The Kier molecular flexibility index (Phi) is 4.95. The summed E-state index contributed by atoms with van der Waals surface area (Å²) in [6.45, 7) is 3.00. The summed E-state index contributed by atoms with van der Waals surface area (Å²) in [5.74, 6) is 1.66. The van der Waals surface area contributed by atoms with Gasteiger partial charge >= 0.3 is 0 Å². The van der Waals surface area contributed by atoms with Crippen molar-refractivity contribution in [1.29, 1.82) is 0 Å². The quantitative estimate of drug-likeness (QED) is 0.361. The molecule has 6 aromatic rings. The van der Waals surface area contributed by atoms with Crippen LogP contribution in [0.3, 0.4) is 0 Å². The average molecular weight is 452 g/mol. The van der Waals surface area contributed by atoms with Crippen LogP contribution in [0.5, 0.6) is 5.88 Å². The molecule has 0 fully saturated rings. The molecule has 0 bridgehead atoms. The SMILES string of the molecule is Cc1cc(-c2nnc3c4ccccc4c(OCc4ccc(CCn5ccnc5)nc4)nn23)no1. The van der Waals surface area contributed by atoms with Gasteiger partial charge in [0.1, 0.15) is 12.4 Å². The van der Waals surface area contributed by atoms with E-state index in [4.69, 9.17) is 14.4 Å². The highest BCUT2D eigenvalue weighted by Crippen LogP contribution is 2.29. The van der Waals surface area contributed by atoms with Gasteiger partial charge in [0.25, 0.3) is 0 Å². The minimum atomic E-state index is 0.331. The highest BCUT2D eigenvalue weighted by atomic mass is 16.5. The van der Waals surface area contributed by atoms with Crippen molar-refractivity contribution in [3.05, 3.63) is 84.4 Å².